The number of aromatic nitrogens is 1. The second-order valence-corrected chi connectivity index (χ2v) is 7.21. The van der Waals surface area contributed by atoms with Crippen molar-refractivity contribution in [1.29, 1.82) is 0 Å². The molecule has 1 aromatic heterocycles. The van der Waals surface area contributed by atoms with E-state index in [0.29, 0.717) is 22.9 Å². The molecular formula is C20H23N3O4. The number of nitrogens with two attached hydrogens (primary N) is 1. The van der Waals surface area contributed by atoms with E-state index in [2.05, 4.69) is 4.98 Å². The van der Waals surface area contributed by atoms with Crippen molar-refractivity contribution >= 4 is 23.5 Å². The lowest BCUT2D eigenvalue weighted by Crippen LogP contribution is -2.52. The highest BCUT2D eigenvalue weighted by Gasteiger charge is 2.41. The summed E-state index contributed by atoms with van der Waals surface area (Å²) in [5.74, 6) is 0.617. The Morgan fingerprint density at radius 1 is 1.22 bits per heavy atom. The highest BCUT2D eigenvalue weighted by Crippen LogP contribution is 2.37. The molecule has 27 heavy (non-hydrogen) atoms. The Balaban J connectivity index is 1.87. The smallest absolute Gasteiger partial charge is 0.338 e. The number of rotatable bonds is 4. The average molecular weight is 369 g/mol. The third-order valence-corrected chi connectivity index (χ3v) is 4.11. The summed E-state index contributed by atoms with van der Waals surface area (Å²) in [6.45, 7) is 7.32. The minimum Gasteiger partial charge on any atom is -0.474 e. The molecule has 1 aliphatic heterocycles. The van der Waals surface area contributed by atoms with Crippen molar-refractivity contribution in [3.05, 3.63) is 47.5 Å². The summed E-state index contributed by atoms with van der Waals surface area (Å²) in [4.78, 5) is 30.7. The standard InChI is InChI=1S/C20H23N3O4/c1-12(2)26-18(24)14-7-5-13(6-8-14)11-23-17-15(9-10-16(21)22-17)27-20(3,4)19(23)25/h5-10,12H,11H2,1-4H3,(H2,21,22). The van der Waals surface area contributed by atoms with E-state index in [1.165, 1.54) is 0 Å². The van der Waals surface area contributed by atoms with Crippen LogP contribution in [0.1, 0.15) is 43.6 Å². The summed E-state index contributed by atoms with van der Waals surface area (Å²) in [5.41, 5.74) is 6.09. The molecule has 2 aromatic rings. The third kappa shape index (κ3) is 3.86. The maximum absolute atomic E-state index is 12.9. The number of benzene rings is 1. The molecule has 0 radical (unpaired) electrons. The fourth-order valence-electron chi connectivity index (χ4n) is 2.82. The normalized spacial score (nSPS) is 15.3. The number of ether oxygens (including phenoxy) is 2. The molecule has 2 heterocycles. The fourth-order valence-corrected chi connectivity index (χ4v) is 2.82. The predicted octanol–water partition coefficient (Wildman–Crippen LogP) is 2.93. The molecule has 2 N–H and O–H groups in total. The largest absolute Gasteiger partial charge is 0.474 e. The molecule has 0 fully saturated rings. The van der Waals surface area contributed by atoms with E-state index < -0.39 is 5.60 Å². The lowest BCUT2D eigenvalue weighted by Gasteiger charge is -2.38. The average Bonchev–Trinajstić information content (AvgIpc) is 2.59. The molecule has 3 rings (SSSR count). The molecule has 7 heteroatoms. The molecule has 0 aliphatic carbocycles. The van der Waals surface area contributed by atoms with Crippen LogP contribution in [-0.2, 0) is 16.1 Å². The van der Waals surface area contributed by atoms with E-state index in [4.69, 9.17) is 15.2 Å². The van der Waals surface area contributed by atoms with Gasteiger partial charge in [0.25, 0.3) is 5.91 Å². The Bertz CT molecular complexity index is 875. The van der Waals surface area contributed by atoms with Crippen LogP contribution < -0.4 is 15.4 Å². The zero-order chi connectivity index (χ0) is 19.8. The van der Waals surface area contributed by atoms with E-state index in [-0.39, 0.29) is 24.5 Å². The van der Waals surface area contributed by atoms with E-state index in [0.717, 1.165) is 5.56 Å². The van der Waals surface area contributed by atoms with Gasteiger partial charge < -0.3 is 15.2 Å². The first-order valence-corrected chi connectivity index (χ1v) is 8.75. The summed E-state index contributed by atoms with van der Waals surface area (Å²) < 4.78 is 11.0. The van der Waals surface area contributed by atoms with E-state index in [1.54, 1.807) is 69.0 Å². The minimum absolute atomic E-state index is 0.182. The molecule has 1 aliphatic rings. The van der Waals surface area contributed by atoms with Gasteiger partial charge in [-0.2, -0.15) is 0 Å². The van der Waals surface area contributed by atoms with Gasteiger partial charge in [0.05, 0.1) is 18.2 Å². The van der Waals surface area contributed by atoms with Crippen LogP contribution in [0.15, 0.2) is 36.4 Å². The first-order valence-electron chi connectivity index (χ1n) is 8.75. The van der Waals surface area contributed by atoms with Gasteiger partial charge in [-0.3, -0.25) is 9.69 Å². The van der Waals surface area contributed by atoms with Crippen molar-refractivity contribution in [2.24, 2.45) is 0 Å². The maximum atomic E-state index is 12.9. The van der Waals surface area contributed by atoms with Crippen molar-refractivity contribution in [3.63, 3.8) is 0 Å². The van der Waals surface area contributed by atoms with Crippen LogP contribution in [0.25, 0.3) is 0 Å². The van der Waals surface area contributed by atoms with Crippen LogP contribution in [0.3, 0.4) is 0 Å². The van der Waals surface area contributed by atoms with Gasteiger partial charge in [0.1, 0.15) is 5.82 Å². The molecular weight excluding hydrogens is 346 g/mol. The number of nitrogens with zero attached hydrogens (tertiary/aromatic N) is 2. The van der Waals surface area contributed by atoms with Gasteiger partial charge in [0, 0.05) is 0 Å². The maximum Gasteiger partial charge on any atom is 0.338 e. The Morgan fingerprint density at radius 3 is 2.52 bits per heavy atom. The van der Waals surface area contributed by atoms with E-state index >= 15 is 0 Å². The number of fused-ring (bicyclic) bond motifs is 1. The van der Waals surface area contributed by atoms with Gasteiger partial charge >= 0.3 is 5.97 Å². The lowest BCUT2D eigenvalue weighted by molar-refractivity contribution is -0.132. The Morgan fingerprint density at radius 2 is 1.89 bits per heavy atom. The number of amides is 1. The van der Waals surface area contributed by atoms with Crippen LogP contribution in [-0.4, -0.2) is 28.6 Å². The molecule has 7 nitrogen and oxygen atoms in total. The van der Waals surface area contributed by atoms with Crippen molar-refractivity contribution in [2.45, 2.75) is 45.9 Å². The van der Waals surface area contributed by atoms with Gasteiger partial charge in [-0.25, -0.2) is 9.78 Å². The number of anilines is 2. The van der Waals surface area contributed by atoms with Gasteiger partial charge in [0.2, 0.25) is 0 Å². The molecule has 0 saturated carbocycles. The SMILES string of the molecule is CC(C)OC(=O)c1ccc(CN2C(=O)C(C)(C)Oc3ccc(N)nc32)cc1. The quantitative estimate of drug-likeness (QED) is 0.833. The van der Waals surface area contributed by atoms with Crippen molar-refractivity contribution in [3.8, 4) is 5.75 Å². The molecule has 0 bridgehead atoms. The summed E-state index contributed by atoms with van der Waals surface area (Å²) >= 11 is 0. The topological polar surface area (TPSA) is 94.8 Å². The molecule has 0 atom stereocenters. The zero-order valence-corrected chi connectivity index (χ0v) is 15.9. The Labute approximate surface area is 158 Å². The summed E-state index contributed by atoms with van der Waals surface area (Å²) in [6.07, 6.45) is -0.182. The number of hydrogen-bond donors (Lipinski definition) is 1. The van der Waals surface area contributed by atoms with Crippen LogP contribution in [0.5, 0.6) is 5.75 Å². The molecule has 0 saturated heterocycles. The van der Waals surface area contributed by atoms with E-state index in [1.807, 2.05) is 0 Å². The molecule has 0 unspecified atom stereocenters. The van der Waals surface area contributed by atoms with Crippen LogP contribution in [0.2, 0.25) is 0 Å². The number of pyridine rings is 1. The Kier molecular flexibility index (Phi) is 4.78. The zero-order valence-electron chi connectivity index (χ0n) is 15.9. The van der Waals surface area contributed by atoms with Gasteiger partial charge in [0.15, 0.2) is 17.2 Å². The monoisotopic (exact) mass is 369 g/mol. The molecule has 0 spiro atoms. The summed E-state index contributed by atoms with van der Waals surface area (Å²) in [6, 6.07) is 10.3. The van der Waals surface area contributed by atoms with Crippen molar-refractivity contribution in [1.82, 2.24) is 4.98 Å². The predicted molar refractivity (Wildman–Crippen MR) is 102 cm³/mol. The highest BCUT2D eigenvalue weighted by atomic mass is 16.5. The first kappa shape index (κ1) is 18.7. The third-order valence-electron chi connectivity index (χ3n) is 4.11. The Hall–Kier alpha value is -3.09. The van der Waals surface area contributed by atoms with Crippen LogP contribution in [0, 0.1) is 0 Å². The second-order valence-electron chi connectivity index (χ2n) is 7.21. The van der Waals surface area contributed by atoms with Crippen molar-refractivity contribution < 1.29 is 19.1 Å². The number of nitrogen functional groups attached to an aromatic ring is 1. The molecule has 142 valence electrons. The number of carbonyl (C=O) groups is 2. The van der Waals surface area contributed by atoms with Crippen LogP contribution in [0.4, 0.5) is 11.6 Å². The van der Waals surface area contributed by atoms with Crippen molar-refractivity contribution in [2.75, 3.05) is 10.6 Å². The number of carbonyl (C=O) groups excluding carboxylic acids is 2. The van der Waals surface area contributed by atoms with Gasteiger partial charge in [-0.15, -0.1) is 0 Å². The first-order chi connectivity index (χ1) is 12.7. The van der Waals surface area contributed by atoms with Gasteiger partial charge in [-0.1, -0.05) is 12.1 Å². The summed E-state index contributed by atoms with van der Waals surface area (Å²) in [5, 5.41) is 0. The second kappa shape index (κ2) is 6.90. The van der Waals surface area contributed by atoms with Crippen LogP contribution >= 0.6 is 0 Å². The fraction of sp³-hybridized carbons (Fsp3) is 0.350. The van der Waals surface area contributed by atoms with Gasteiger partial charge in [-0.05, 0) is 57.5 Å². The number of hydrogen-bond acceptors (Lipinski definition) is 6. The molecule has 1 amide bonds. The minimum atomic E-state index is -1.01. The lowest BCUT2D eigenvalue weighted by atomic mass is 10.0. The highest BCUT2D eigenvalue weighted by molar-refractivity contribution is 6.01. The van der Waals surface area contributed by atoms with E-state index in [9.17, 15) is 9.59 Å². The summed E-state index contributed by atoms with van der Waals surface area (Å²) in [7, 11) is 0. The number of esters is 1. The molecule has 1 aromatic carbocycles.